The third-order valence-corrected chi connectivity index (χ3v) is 6.22. The zero-order valence-electron chi connectivity index (χ0n) is 10.7. The van der Waals surface area contributed by atoms with Crippen LogP contribution in [0, 0.1) is 12.8 Å². The summed E-state index contributed by atoms with van der Waals surface area (Å²) >= 11 is 1.53. The van der Waals surface area contributed by atoms with Crippen LogP contribution in [0.3, 0.4) is 0 Å². The molecular weight excluding hydrogens is 268 g/mol. The second kappa shape index (κ2) is 5.13. The minimum absolute atomic E-state index is 0.119. The van der Waals surface area contributed by atoms with Crippen LogP contribution >= 0.6 is 11.3 Å². The van der Waals surface area contributed by atoms with Crippen LogP contribution < -0.4 is 0 Å². The van der Waals surface area contributed by atoms with Gasteiger partial charge in [-0.2, -0.15) is 11.3 Å². The number of rotatable bonds is 3. The van der Waals surface area contributed by atoms with Crippen molar-refractivity contribution in [1.29, 1.82) is 0 Å². The van der Waals surface area contributed by atoms with E-state index in [4.69, 9.17) is 0 Å². The monoisotopic (exact) mass is 286 g/mol. The molecule has 0 amide bonds. The molecule has 0 saturated heterocycles. The maximum Gasteiger partial charge on any atom is 0.167 e. The Morgan fingerprint density at radius 1 is 1.33 bits per heavy atom. The fraction of sp³-hybridized carbons (Fsp3) is 0.615. The van der Waals surface area contributed by atoms with Gasteiger partial charge in [0.2, 0.25) is 0 Å². The molecule has 18 heavy (non-hydrogen) atoms. The summed E-state index contributed by atoms with van der Waals surface area (Å²) in [5.74, 6) is 0.00822. The summed E-state index contributed by atoms with van der Waals surface area (Å²) < 4.78 is 23.2. The highest BCUT2D eigenvalue weighted by atomic mass is 32.2. The Morgan fingerprint density at radius 3 is 2.61 bits per heavy atom. The maximum atomic E-state index is 12.4. The van der Waals surface area contributed by atoms with E-state index in [0.717, 1.165) is 24.0 Å². The summed E-state index contributed by atoms with van der Waals surface area (Å²) in [6.07, 6.45) is 4.12. The maximum absolute atomic E-state index is 12.4. The van der Waals surface area contributed by atoms with Crippen molar-refractivity contribution in [3.8, 4) is 0 Å². The van der Waals surface area contributed by atoms with Crippen molar-refractivity contribution in [3.63, 3.8) is 0 Å². The molecule has 1 aromatic rings. The molecule has 1 aliphatic carbocycles. The summed E-state index contributed by atoms with van der Waals surface area (Å²) in [7, 11) is -3.02. The van der Waals surface area contributed by atoms with E-state index in [-0.39, 0.29) is 17.0 Å². The number of sulfone groups is 1. The van der Waals surface area contributed by atoms with Gasteiger partial charge in [0, 0.05) is 23.1 Å². The molecule has 0 bridgehead atoms. The summed E-state index contributed by atoms with van der Waals surface area (Å²) in [5.41, 5.74) is 1.78. The number of carbonyl (C=O) groups excluding carboxylic acids is 1. The highest BCUT2D eigenvalue weighted by Gasteiger charge is 2.33. The van der Waals surface area contributed by atoms with Gasteiger partial charge < -0.3 is 0 Å². The van der Waals surface area contributed by atoms with Gasteiger partial charge in [-0.15, -0.1) is 0 Å². The average Bonchev–Trinajstić information content (AvgIpc) is 2.73. The smallest absolute Gasteiger partial charge is 0.167 e. The lowest BCUT2D eigenvalue weighted by Gasteiger charge is -2.27. The second-order valence-corrected chi connectivity index (χ2v) is 8.22. The minimum Gasteiger partial charge on any atom is -0.294 e. The first-order valence-corrected chi connectivity index (χ1v) is 9.05. The minimum atomic E-state index is -3.02. The van der Waals surface area contributed by atoms with Crippen LogP contribution in [-0.2, 0) is 9.84 Å². The lowest BCUT2D eigenvalue weighted by Crippen LogP contribution is -2.31. The molecule has 1 fully saturated rings. The van der Waals surface area contributed by atoms with Gasteiger partial charge in [-0.05, 0) is 37.1 Å². The van der Waals surface area contributed by atoms with Crippen LogP contribution in [0.25, 0.3) is 0 Å². The molecule has 2 atom stereocenters. The Morgan fingerprint density at radius 2 is 2.06 bits per heavy atom. The van der Waals surface area contributed by atoms with Crippen LogP contribution in [0.5, 0.6) is 0 Å². The van der Waals surface area contributed by atoms with E-state index in [9.17, 15) is 13.2 Å². The van der Waals surface area contributed by atoms with E-state index in [1.807, 2.05) is 17.7 Å². The van der Waals surface area contributed by atoms with Gasteiger partial charge in [0.05, 0.1) is 5.25 Å². The fourth-order valence-electron chi connectivity index (χ4n) is 2.60. The summed E-state index contributed by atoms with van der Waals surface area (Å²) in [6, 6.07) is 0. The first-order valence-electron chi connectivity index (χ1n) is 6.15. The molecule has 0 N–H and O–H groups in total. The quantitative estimate of drug-likeness (QED) is 0.803. The van der Waals surface area contributed by atoms with Crippen molar-refractivity contribution in [2.75, 3.05) is 6.26 Å². The molecule has 0 radical (unpaired) electrons. The molecule has 5 heteroatoms. The van der Waals surface area contributed by atoms with Gasteiger partial charge in [-0.3, -0.25) is 4.79 Å². The van der Waals surface area contributed by atoms with Crippen LogP contribution in [-0.4, -0.2) is 25.7 Å². The van der Waals surface area contributed by atoms with Crippen LogP contribution in [0.15, 0.2) is 10.8 Å². The van der Waals surface area contributed by atoms with Gasteiger partial charge in [0.25, 0.3) is 0 Å². The van der Waals surface area contributed by atoms with Crippen molar-refractivity contribution in [1.82, 2.24) is 0 Å². The molecule has 3 nitrogen and oxygen atoms in total. The predicted octanol–water partition coefficient (Wildman–Crippen LogP) is 2.84. The molecule has 2 rings (SSSR count). The van der Waals surface area contributed by atoms with Crippen molar-refractivity contribution in [2.24, 2.45) is 5.92 Å². The van der Waals surface area contributed by atoms with E-state index in [1.165, 1.54) is 17.6 Å². The van der Waals surface area contributed by atoms with Gasteiger partial charge >= 0.3 is 0 Å². The highest BCUT2D eigenvalue weighted by molar-refractivity contribution is 7.91. The van der Waals surface area contributed by atoms with E-state index >= 15 is 0 Å². The van der Waals surface area contributed by atoms with E-state index in [2.05, 4.69) is 0 Å². The number of ketones is 1. The zero-order valence-corrected chi connectivity index (χ0v) is 12.3. The Bertz CT molecular complexity index is 542. The van der Waals surface area contributed by atoms with Crippen LogP contribution in [0.4, 0.5) is 0 Å². The standard InChI is InChI=1S/C13H18O3S2/c1-9-7-17-8-12(9)13(14)10-4-3-5-11(6-10)18(2,15)16/h7-8,10-11H,3-6H2,1-2H3. The number of hydrogen-bond donors (Lipinski definition) is 0. The van der Waals surface area contributed by atoms with Gasteiger partial charge in [-0.25, -0.2) is 8.42 Å². The molecule has 2 unspecified atom stereocenters. The highest BCUT2D eigenvalue weighted by Crippen LogP contribution is 2.32. The summed E-state index contributed by atoms with van der Waals surface area (Å²) in [6.45, 7) is 1.93. The molecule has 1 saturated carbocycles. The Labute approximate surface area is 112 Å². The Hall–Kier alpha value is -0.680. The van der Waals surface area contributed by atoms with Crippen molar-refractivity contribution in [2.45, 2.75) is 37.9 Å². The SMILES string of the molecule is Cc1cscc1C(=O)C1CCCC(S(C)(=O)=O)C1. The first kappa shape index (κ1) is 13.7. The molecule has 1 heterocycles. The van der Waals surface area contributed by atoms with Gasteiger partial charge in [0.1, 0.15) is 9.84 Å². The first-order chi connectivity index (χ1) is 8.39. The number of hydrogen-bond acceptors (Lipinski definition) is 4. The van der Waals surface area contributed by atoms with Crippen molar-refractivity contribution < 1.29 is 13.2 Å². The third kappa shape index (κ3) is 2.83. The number of Topliss-reactive ketones (excluding diaryl/α,β-unsaturated/α-hetero) is 1. The van der Waals surface area contributed by atoms with E-state index in [0.29, 0.717) is 12.8 Å². The molecular formula is C13H18O3S2. The lowest BCUT2D eigenvalue weighted by atomic mass is 9.83. The zero-order chi connectivity index (χ0) is 13.3. The number of aryl methyl sites for hydroxylation is 1. The normalized spacial score (nSPS) is 25.0. The molecule has 1 aromatic heterocycles. The fourth-order valence-corrected chi connectivity index (χ4v) is 4.62. The number of carbonyl (C=O) groups is 1. The molecule has 0 aromatic carbocycles. The summed E-state index contributed by atoms with van der Waals surface area (Å²) in [4.78, 5) is 12.4. The predicted molar refractivity (Wildman–Crippen MR) is 74.0 cm³/mol. The van der Waals surface area contributed by atoms with Gasteiger partial charge in [-0.1, -0.05) is 6.42 Å². The number of thiophene rings is 1. The largest absolute Gasteiger partial charge is 0.294 e. The lowest BCUT2D eigenvalue weighted by molar-refractivity contribution is 0.0891. The Balaban J connectivity index is 2.15. The third-order valence-electron chi connectivity index (χ3n) is 3.72. The molecule has 0 aliphatic heterocycles. The Kier molecular flexibility index (Phi) is 3.92. The summed E-state index contributed by atoms with van der Waals surface area (Å²) in [5, 5.41) is 3.50. The van der Waals surface area contributed by atoms with Crippen molar-refractivity contribution >= 4 is 27.0 Å². The van der Waals surface area contributed by atoms with Crippen LogP contribution in [0.2, 0.25) is 0 Å². The van der Waals surface area contributed by atoms with E-state index < -0.39 is 9.84 Å². The average molecular weight is 286 g/mol. The van der Waals surface area contributed by atoms with Crippen LogP contribution in [0.1, 0.15) is 41.6 Å². The van der Waals surface area contributed by atoms with Crippen molar-refractivity contribution in [3.05, 3.63) is 21.9 Å². The second-order valence-electron chi connectivity index (χ2n) is 5.15. The molecule has 100 valence electrons. The molecule has 0 spiro atoms. The topological polar surface area (TPSA) is 51.2 Å². The molecule has 1 aliphatic rings. The van der Waals surface area contributed by atoms with Gasteiger partial charge in [0.15, 0.2) is 5.78 Å². The van der Waals surface area contributed by atoms with E-state index in [1.54, 1.807) is 0 Å².